The number of carbonyl (C=O) groups excluding carboxylic acids is 1. The van der Waals surface area contributed by atoms with Crippen molar-refractivity contribution < 1.29 is 14.7 Å². The average Bonchev–Trinajstić information content (AvgIpc) is 2.62. The molecule has 3 rings (SSSR count). The van der Waals surface area contributed by atoms with Crippen molar-refractivity contribution in [3.8, 4) is 5.75 Å². The van der Waals surface area contributed by atoms with E-state index in [9.17, 15) is 9.90 Å². The molecule has 2 aromatic carbocycles. The maximum atomic E-state index is 12.3. The van der Waals surface area contributed by atoms with Crippen molar-refractivity contribution in [2.75, 3.05) is 0 Å². The van der Waals surface area contributed by atoms with E-state index in [0.717, 1.165) is 47.2 Å². The van der Waals surface area contributed by atoms with Crippen molar-refractivity contribution in [3.05, 3.63) is 64.2 Å². The molecule has 0 radical (unpaired) electrons. The Morgan fingerprint density at radius 1 is 1.08 bits per heavy atom. The summed E-state index contributed by atoms with van der Waals surface area (Å²) >= 11 is 0. The predicted octanol–water partition coefficient (Wildman–Crippen LogP) is 4.90. The van der Waals surface area contributed by atoms with Gasteiger partial charge in [-0.15, -0.1) is 0 Å². The molecule has 0 unspecified atom stereocenters. The summed E-state index contributed by atoms with van der Waals surface area (Å²) in [6.07, 6.45) is 2.58. The number of nitrogens with zero attached hydrogens (tertiary/aromatic N) is 1. The second-order valence-electron chi connectivity index (χ2n) is 7.83. The third kappa shape index (κ3) is 3.64. The lowest BCUT2D eigenvalue weighted by molar-refractivity contribution is 0.0515. The van der Waals surface area contributed by atoms with Crippen LogP contribution in [0.3, 0.4) is 0 Å². The second kappa shape index (κ2) is 6.94. The van der Waals surface area contributed by atoms with E-state index in [-0.39, 0.29) is 5.41 Å². The van der Waals surface area contributed by atoms with E-state index in [0.29, 0.717) is 11.3 Å². The minimum atomic E-state index is -0.458. The van der Waals surface area contributed by atoms with Gasteiger partial charge in [0.2, 0.25) is 0 Å². The van der Waals surface area contributed by atoms with Gasteiger partial charge in [-0.3, -0.25) is 0 Å². The first kappa shape index (κ1) is 18.2. The van der Waals surface area contributed by atoms with Crippen molar-refractivity contribution >= 4 is 11.7 Å². The summed E-state index contributed by atoms with van der Waals surface area (Å²) in [5.41, 5.74) is 5.37. The van der Waals surface area contributed by atoms with E-state index in [1.54, 1.807) is 18.2 Å². The molecule has 0 amide bonds. The molecule has 26 heavy (non-hydrogen) atoms. The Kier molecular flexibility index (Phi) is 4.86. The van der Waals surface area contributed by atoms with Gasteiger partial charge in [0.25, 0.3) is 0 Å². The van der Waals surface area contributed by atoms with Crippen LogP contribution >= 0.6 is 0 Å². The summed E-state index contributed by atoms with van der Waals surface area (Å²) in [6, 6.07) is 11.0. The highest BCUT2D eigenvalue weighted by Gasteiger charge is 2.20. The van der Waals surface area contributed by atoms with Crippen molar-refractivity contribution in [3.63, 3.8) is 0 Å². The number of carbonyl (C=O) groups is 1. The summed E-state index contributed by atoms with van der Waals surface area (Å²) in [6.45, 7) is 8.30. The van der Waals surface area contributed by atoms with Gasteiger partial charge in [0.05, 0.1) is 11.3 Å². The van der Waals surface area contributed by atoms with Gasteiger partial charge < -0.3 is 9.94 Å². The molecule has 4 nitrogen and oxygen atoms in total. The molecular formula is C22H25NO3. The Morgan fingerprint density at radius 3 is 2.42 bits per heavy atom. The molecule has 4 heteroatoms. The van der Waals surface area contributed by atoms with Gasteiger partial charge in [0, 0.05) is 5.56 Å². The van der Waals surface area contributed by atoms with E-state index in [1.165, 1.54) is 0 Å². The standard InChI is InChI=1S/C22H25NO3/c1-14-17-6-5-7-19(18(17)12-13-20(14)24)23-26-21(25)15-8-10-16(11-9-15)22(2,3)4/h8-13,24H,5-7H2,1-4H3/b23-19+. The third-order valence-electron chi connectivity index (χ3n) is 4.95. The van der Waals surface area contributed by atoms with Crippen LogP contribution in [0.2, 0.25) is 0 Å². The zero-order valence-electron chi connectivity index (χ0n) is 15.8. The fraction of sp³-hybridized carbons (Fsp3) is 0.364. The van der Waals surface area contributed by atoms with Crippen LogP contribution in [0.25, 0.3) is 0 Å². The van der Waals surface area contributed by atoms with Crippen LogP contribution in [0.5, 0.6) is 5.75 Å². The molecular weight excluding hydrogens is 326 g/mol. The van der Waals surface area contributed by atoms with Crippen LogP contribution in [0, 0.1) is 6.92 Å². The van der Waals surface area contributed by atoms with Crippen LogP contribution in [0.15, 0.2) is 41.6 Å². The third-order valence-corrected chi connectivity index (χ3v) is 4.95. The zero-order chi connectivity index (χ0) is 18.9. The molecule has 0 heterocycles. The Hall–Kier alpha value is -2.62. The van der Waals surface area contributed by atoms with Gasteiger partial charge >= 0.3 is 5.97 Å². The molecule has 1 aliphatic rings. The molecule has 0 aromatic heterocycles. The van der Waals surface area contributed by atoms with E-state index < -0.39 is 5.97 Å². The van der Waals surface area contributed by atoms with E-state index >= 15 is 0 Å². The van der Waals surface area contributed by atoms with Crippen LogP contribution < -0.4 is 0 Å². The molecule has 1 aliphatic carbocycles. The van der Waals surface area contributed by atoms with E-state index in [1.807, 2.05) is 25.1 Å². The fourth-order valence-corrected chi connectivity index (χ4v) is 3.25. The van der Waals surface area contributed by atoms with Gasteiger partial charge in [0.15, 0.2) is 0 Å². The number of rotatable bonds is 2. The lowest BCUT2D eigenvalue weighted by Gasteiger charge is -2.20. The number of hydrogen-bond donors (Lipinski definition) is 1. The minimum absolute atomic E-state index is 0.0396. The van der Waals surface area contributed by atoms with E-state index in [4.69, 9.17) is 4.84 Å². The number of benzene rings is 2. The molecule has 0 bridgehead atoms. The number of phenolic OH excluding ortho intramolecular Hbond substituents is 1. The fourth-order valence-electron chi connectivity index (χ4n) is 3.25. The quantitative estimate of drug-likeness (QED) is 0.619. The van der Waals surface area contributed by atoms with Crippen molar-refractivity contribution in [2.45, 2.75) is 52.4 Å². The molecule has 136 valence electrons. The SMILES string of the molecule is Cc1c(O)ccc2c1CCC/C2=N\OC(=O)c1ccc(C(C)(C)C)cc1. The number of fused-ring (bicyclic) bond motifs is 1. The normalized spacial score (nSPS) is 15.6. The highest BCUT2D eigenvalue weighted by atomic mass is 16.7. The first-order valence-corrected chi connectivity index (χ1v) is 8.98. The molecule has 0 aliphatic heterocycles. The Labute approximate surface area is 154 Å². The van der Waals surface area contributed by atoms with E-state index in [2.05, 4.69) is 25.9 Å². The Bertz CT molecular complexity index is 858. The van der Waals surface area contributed by atoms with Crippen molar-refractivity contribution in [1.29, 1.82) is 0 Å². The smallest absolute Gasteiger partial charge is 0.365 e. The molecule has 1 N–H and O–H groups in total. The Morgan fingerprint density at radius 2 is 1.77 bits per heavy atom. The summed E-state index contributed by atoms with van der Waals surface area (Å²) in [5.74, 6) is -0.165. The highest BCUT2D eigenvalue weighted by Crippen LogP contribution is 2.30. The minimum Gasteiger partial charge on any atom is -0.508 e. The maximum absolute atomic E-state index is 12.3. The maximum Gasteiger partial charge on any atom is 0.365 e. The number of hydrogen-bond acceptors (Lipinski definition) is 4. The van der Waals surface area contributed by atoms with Crippen LogP contribution in [-0.4, -0.2) is 16.8 Å². The van der Waals surface area contributed by atoms with Crippen LogP contribution in [0.1, 0.15) is 66.2 Å². The molecule has 0 fully saturated rings. The topological polar surface area (TPSA) is 58.9 Å². The summed E-state index contributed by atoms with van der Waals surface area (Å²) < 4.78 is 0. The summed E-state index contributed by atoms with van der Waals surface area (Å²) in [4.78, 5) is 17.5. The van der Waals surface area contributed by atoms with Gasteiger partial charge in [-0.05, 0) is 72.6 Å². The summed E-state index contributed by atoms with van der Waals surface area (Å²) in [5, 5.41) is 14.0. The molecule has 0 saturated heterocycles. The van der Waals surface area contributed by atoms with Gasteiger partial charge in [-0.1, -0.05) is 38.1 Å². The first-order valence-electron chi connectivity index (χ1n) is 8.98. The number of phenols is 1. The second-order valence-corrected chi connectivity index (χ2v) is 7.83. The van der Waals surface area contributed by atoms with Crippen molar-refractivity contribution in [2.24, 2.45) is 5.16 Å². The largest absolute Gasteiger partial charge is 0.508 e. The van der Waals surface area contributed by atoms with Gasteiger partial charge in [-0.25, -0.2) is 4.79 Å². The van der Waals surface area contributed by atoms with Gasteiger partial charge in [-0.2, -0.15) is 0 Å². The Balaban J connectivity index is 1.79. The van der Waals surface area contributed by atoms with Crippen LogP contribution in [0.4, 0.5) is 0 Å². The molecule has 0 atom stereocenters. The lowest BCUT2D eigenvalue weighted by atomic mass is 9.87. The first-order chi connectivity index (χ1) is 12.3. The molecule has 2 aromatic rings. The van der Waals surface area contributed by atoms with Crippen LogP contribution in [-0.2, 0) is 16.7 Å². The number of oxime groups is 1. The predicted molar refractivity (Wildman–Crippen MR) is 103 cm³/mol. The lowest BCUT2D eigenvalue weighted by Crippen LogP contribution is -2.15. The highest BCUT2D eigenvalue weighted by molar-refractivity contribution is 6.03. The van der Waals surface area contributed by atoms with Gasteiger partial charge in [0.1, 0.15) is 5.75 Å². The zero-order valence-corrected chi connectivity index (χ0v) is 15.8. The van der Waals surface area contributed by atoms with Crippen molar-refractivity contribution in [1.82, 2.24) is 0 Å². The summed E-state index contributed by atoms with van der Waals surface area (Å²) in [7, 11) is 0. The average molecular weight is 351 g/mol. The number of aromatic hydroxyl groups is 1. The molecule has 0 saturated carbocycles. The molecule has 0 spiro atoms. The monoisotopic (exact) mass is 351 g/mol.